The lowest BCUT2D eigenvalue weighted by Gasteiger charge is -2.15. The average molecular weight is 350 g/mol. The second kappa shape index (κ2) is 6.12. The van der Waals surface area contributed by atoms with Crippen LogP contribution in [0.4, 0.5) is 4.39 Å². The van der Waals surface area contributed by atoms with Gasteiger partial charge in [-0.05, 0) is 51.5 Å². The van der Waals surface area contributed by atoms with Crippen LogP contribution in [0.2, 0.25) is 5.02 Å². The lowest BCUT2D eigenvalue weighted by molar-refractivity contribution is 0.534. The molecule has 0 aliphatic heterocycles. The molecule has 1 atom stereocenters. The number of nitrogens with one attached hydrogen (secondary N) is 1. The van der Waals surface area contributed by atoms with Crippen molar-refractivity contribution < 1.29 is 4.39 Å². The fourth-order valence-corrected chi connectivity index (χ4v) is 3.56. The third kappa shape index (κ3) is 3.10. The molecule has 0 spiro atoms. The van der Waals surface area contributed by atoms with Crippen LogP contribution in [0.1, 0.15) is 16.5 Å². The van der Waals surface area contributed by atoms with E-state index in [0.717, 1.165) is 9.35 Å². The number of hydrogen-bond acceptors (Lipinski definition) is 3. The number of thiophene rings is 1. The largest absolute Gasteiger partial charge is 0.271 e. The van der Waals surface area contributed by atoms with Gasteiger partial charge in [-0.25, -0.2) is 4.39 Å². The van der Waals surface area contributed by atoms with Crippen LogP contribution in [0.15, 0.2) is 34.1 Å². The number of hydrogen-bond donors (Lipinski definition) is 2. The summed E-state index contributed by atoms with van der Waals surface area (Å²) in [6, 6.07) is 6.49. The molecule has 18 heavy (non-hydrogen) atoms. The Morgan fingerprint density at radius 1 is 1.44 bits per heavy atom. The maximum absolute atomic E-state index is 13.7. The standard InChI is InChI=1S/C12H11BrClFN2S/c13-9-3-4-18-12(9)11(17-16)5-7-1-2-8(14)6-10(7)15/h1-4,6,11,17H,5,16H2. The average Bonchev–Trinajstić information content (AvgIpc) is 2.75. The molecule has 0 saturated heterocycles. The smallest absolute Gasteiger partial charge is 0.127 e. The summed E-state index contributed by atoms with van der Waals surface area (Å²) in [5.74, 6) is 5.24. The minimum Gasteiger partial charge on any atom is -0.271 e. The summed E-state index contributed by atoms with van der Waals surface area (Å²) in [6.07, 6.45) is 0.471. The van der Waals surface area contributed by atoms with Crippen molar-refractivity contribution in [2.24, 2.45) is 5.84 Å². The quantitative estimate of drug-likeness (QED) is 0.645. The van der Waals surface area contributed by atoms with E-state index >= 15 is 0 Å². The van der Waals surface area contributed by atoms with Crippen LogP contribution in [0, 0.1) is 5.82 Å². The summed E-state index contributed by atoms with van der Waals surface area (Å²) in [4.78, 5) is 1.05. The molecule has 2 nitrogen and oxygen atoms in total. The van der Waals surface area contributed by atoms with Gasteiger partial charge in [0.15, 0.2) is 0 Å². The van der Waals surface area contributed by atoms with Crippen molar-refractivity contribution in [2.75, 3.05) is 0 Å². The molecule has 1 heterocycles. The fourth-order valence-electron chi connectivity index (χ4n) is 1.69. The fraction of sp³-hybridized carbons (Fsp3) is 0.167. The molecule has 1 aromatic carbocycles. The van der Waals surface area contributed by atoms with Crippen molar-refractivity contribution >= 4 is 38.9 Å². The van der Waals surface area contributed by atoms with E-state index in [1.165, 1.54) is 6.07 Å². The van der Waals surface area contributed by atoms with Gasteiger partial charge in [0.2, 0.25) is 0 Å². The van der Waals surface area contributed by atoms with Gasteiger partial charge in [0.25, 0.3) is 0 Å². The van der Waals surface area contributed by atoms with E-state index in [1.54, 1.807) is 23.5 Å². The normalized spacial score (nSPS) is 12.7. The number of halogens is 3. The van der Waals surface area contributed by atoms with E-state index in [4.69, 9.17) is 17.4 Å². The van der Waals surface area contributed by atoms with E-state index in [1.807, 2.05) is 11.4 Å². The lowest BCUT2D eigenvalue weighted by atomic mass is 10.0. The zero-order valence-electron chi connectivity index (χ0n) is 9.29. The van der Waals surface area contributed by atoms with Crippen molar-refractivity contribution in [3.63, 3.8) is 0 Å². The van der Waals surface area contributed by atoms with Gasteiger partial charge in [-0.1, -0.05) is 17.7 Å². The molecule has 2 rings (SSSR count). The van der Waals surface area contributed by atoms with Crippen molar-refractivity contribution in [3.8, 4) is 0 Å². The van der Waals surface area contributed by atoms with Crippen LogP contribution in [0.5, 0.6) is 0 Å². The molecule has 0 fully saturated rings. The third-order valence-electron chi connectivity index (χ3n) is 2.60. The summed E-state index contributed by atoms with van der Waals surface area (Å²) in [7, 11) is 0. The molecule has 6 heteroatoms. The molecular formula is C12H11BrClFN2S. The highest BCUT2D eigenvalue weighted by Crippen LogP contribution is 2.31. The minimum atomic E-state index is -0.310. The highest BCUT2D eigenvalue weighted by Gasteiger charge is 2.17. The second-order valence-electron chi connectivity index (χ2n) is 3.79. The Kier molecular flexibility index (Phi) is 4.75. The predicted octanol–water partition coefficient (Wildman–Crippen LogP) is 4.05. The predicted molar refractivity (Wildman–Crippen MR) is 77.2 cm³/mol. The maximum Gasteiger partial charge on any atom is 0.127 e. The summed E-state index contributed by atoms with van der Waals surface area (Å²) in [5.41, 5.74) is 3.30. The molecule has 3 N–H and O–H groups in total. The minimum absolute atomic E-state index is 0.130. The van der Waals surface area contributed by atoms with Gasteiger partial charge >= 0.3 is 0 Å². The Morgan fingerprint density at radius 2 is 2.22 bits per heavy atom. The molecular weight excluding hydrogens is 339 g/mol. The first kappa shape index (κ1) is 14.0. The molecule has 0 aliphatic carbocycles. The van der Waals surface area contributed by atoms with Gasteiger partial charge in [-0.2, -0.15) is 0 Å². The molecule has 0 aliphatic rings. The van der Waals surface area contributed by atoms with Crippen molar-refractivity contribution in [1.82, 2.24) is 5.43 Å². The molecule has 2 aromatic rings. The summed E-state index contributed by atoms with van der Waals surface area (Å²) >= 11 is 10.8. The van der Waals surface area contributed by atoms with Gasteiger partial charge in [0.05, 0.1) is 6.04 Å². The van der Waals surface area contributed by atoms with E-state index in [0.29, 0.717) is 17.0 Å². The monoisotopic (exact) mass is 348 g/mol. The summed E-state index contributed by atoms with van der Waals surface area (Å²) < 4.78 is 14.7. The molecule has 0 radical (unpaired) electrons. The maximum atomic E-state index is 13.7. The van der Waals surface area contributed by atoms with Gasteiger partial charge in [0.1, 0.15) is 5.82 Å². The van der Waals surface area contributed by atoms with Gasteiger partial charge < -0.3 is 0 Å². The number of rotatable bonds is 4. The number of hydrazine groups is 1. The first-order valence-corrected chi connectivity index (χ1v) is 7.30. The third-order valence-corrected chi connectivity index (χ3v) is 4.82. The van der Waals surface area contributed by atoms with E-state index in [9.17, 15) is 4.39 Å². The SMILES string of the molecule is NNC(Cc1ccc(Cl)cc1F)c1sccc1Br. The first-order chi connectivity index (χ1) is 8.61. The Bertz CT molecular complexity index is 547. The van der Waals surface area contributed by atoms with Crippen molar-refractivity contribution in [2.45, 2.75) is 12.5 Å². The van der Waals surface area contributed by atoms with Crippen LogP contribution in [-0.4, -0.2) is 0 Å². The van der Waals surface area contributed by atoms with Crippen LogP contribution in [0.3, 0.4) is 0 Å². The first-order valence-electron chi connectivity index (χ1n) is 5.24. The summed E-state index contributed by atoms with van der Waals surface area (Å²) in [6.45, 7) is 0. The Balaban J connectivity index is 2.23. The summed E-state index contributed by atoms with van der Waals surface area (Å²) in [5, 5.41) is 2.35. The molecule has 1 unspecified atom stereocenters. The van der Waals surface area contributed by atoms with E-state index in [-0.39, 0.29) is 11.9 Å². The van der Waals surface area contributed by atoms with E-state index < -0.39 is 0 Å². The number of benzene rings is 1. The van der Waals surface area contributed by atoms with Crippen LogP contribution >= 0.6 is 38.9 Å². The van der Waals surface area contributed by atoms with Crippen molar-refractivity contribution in [3.05, 3.63) is 55.4 Å². The number of nitrogens with two attached hydrogens (primary N) is 1. The zero-order valence-corrected chi connectivity index (χ0v) is 12.4. The highest BCUT2D eigenvalue weighted by atomic mass is 79.9. The van der Waals surface area contributed by atoms with Gasteiger partial charge in [-0.3, -0.25) is 11.3 Å². The van der Waals surface area contributed by atoms with Crippen LogP contribution in [0.25, 0.3) is 0 Å². The Morgan fingerprint density at radius 3 is 2.78 bits per heavy atom. The zero-order chi connectivity index (χ0) is 13.1. The Hall–Kier alpha value is -0.460. The van der Waals surface area contributed by atoms with Crippen LogP contribution in [-0.2, 0) is 6.42 Å². The topological polar surface area (TPSA) is 38.0 Å². The van der Waals surface area contributed by atoms with Gasteiger partial charge in [0, 0.05) is 14.4 Å². The Labute approximate surface area is 122 Å². The molecule has 0 saturated carbocycles. The lowest BCUT2D eigenvalue weighted by Crippen LogP contribution is -2.29. The molecule has 0 amide bonds. The van der Waals surface area contributed by atoms with Crippen LogP contribution < -0.4 is 11.3 Å². The van der Waals surface area contributed by atoms with Crippen molar-refractivity contribution in [1.29, 1.82) is 0 Å². The molecule has 0 bridgehead atoms. The van der Waals surface area contributed by atoms with E-state index in [2.05, 4.69) is 21.4 Å². The van der Waals surface area contributed by atoms with Gasteiger partial charge in [-0.15, -0.1) is 11.3 Å². The second-order valence-corrected chi connectivity index (χ2v) is 6.03. The molecule has 96 valence electrons. The highest BCUT2D eigenvalue weighted by molar-refractivity contribution is 9.10. The molecule has 1 aromatic heterocycles.